The predicted octanol–water partition coefficient (Wildman–Crippen LogP) is 3.44. The third-order valence-electron chi connectivity index (χ3n) is 3.44. The van der Waals surface area contributed by atoms with Crippen LogP contribution in [-0.4, -0.2) is 18.0 Å². The van der Waals surface area contributed by atoms with Crippen molar-refractivity contribution in [1.29, 1.82) is 0 Å². The van der Waals surface area contributed by atoms with Crippen LogP contribution in [0.1, 0.15) is 10.4 Å². The van der Waals surface area contributed by atoms with E-state index in [9.17, 15) is 9.59 Å². The summed E-state index contributed by atoms with van der Waals surface area (Å²) in [6.45, 7) is 0. The Balaban J connectivity index is 1.93. The van der Waals surface area contributed by atoms with Gasteiger partial charge in [-0.3, -0.25) is 9.59 Å². The minimum atomic E-state index is -0.502. The summed E-state index contributed by atoms with van der Waals surface area (Å²) in [5, 5.41) is 3.50. The van der Waals surface area contributed by atoms with Gasteiger partial charge in [0, 0.05) is 22.8 Å². The number of hydrogen-bond donors (Lipinski definition) is 2. The Hall–Kier alpha value is -2.79. The molecule has 0 aliphatic heterocycles. The van der Waals surface area contributed by atoms with Crippen LogP contribution in [0.15, 0.2) is 53.5 Å². The Bertz CT molecular complexity index is 950. The Morgan fingerprint density at radius 2 is 2.00 bits per heavy atom. The number of carbonyl (C=O) groups is 1. The number of anilines is 1. The Labute approximate surface area is 136 Å². The lowest BCUT2D eigenvalue weighted by Gasteiger charge is -2.08. The number of benzene rings is 2. The zero-order chi connectivity index (χ0) is 16.4. The molecule has 3 aromatic rings. The number of H-pyrrole nitrogens is 1. The summed E-state index contributed by atoms with van der Waals surface area (Å²) < 4.78 is 5.06. The maximum atomic E-state index is 12.4. The summed E-state index contributed by atoms with van der Waals surface area (Å²) in [5.41, 5.74) is 0.877. The highest BCUT2D eigenvalue weighted by atomic mass is 35.5. The molecule has 0 unspecified atom stereocenters. The van der Waals surface area contributed by atoms with E-state index in [4.69, 9.17) is 16.3 Å². The van der Waals surface area contributed by atoms with Crippen LogP contribution in [-0.2, 0) is 0 Å². The van der Waals surface area contributed by atoms with Gasteiger partial charge in [0.15, 0.2) is 0 Å². The van der Waals surface area contributed by atoms with Crippen LogP contribution in [0.25, 0.3) is 10.9 Å². The molecule has 23 heavy (non-hydrogen) atoms. The number of halogens is 1. The van der Waals surface area contributed by atoms with E-state index in [2.05, 4.69) is 10.3 Å². The lowest BCUT2D eigenvalue weighted by Crippen LogP contribution is -2.21. The van der Waals surface area contributed by atoms with Crippen molar-refractivity contribution in [3.8, 4) is 5.75 Å². The zero-order valence-electron chi connectivity index (χ0n) is 12.2. The number of methoxy groups -OCH3 is 1. The van der Waals surface area contributed by atoms with Crippen LogP contribution in [0.5, 0.6) is 5.75 Å². The van der Waals surface area contributed by atoms with E-state index < -0.39 is 5.91 Å². The highest BCUT2D eigenvalue weighted by molar-refractivity contribution is 6.32. The van der Waals surface area contributed by atoms with Crippen molar-refractivity contribution >= 4 is 34.1 Å². The van der Waals surface area contributed by atoms with Crippen molar-refractivity contribution in [3.63, 3.8) is 0 Å². The first kappa shape index (κ1) is 15.1. The van der Waals surface area contributed by atoms with Gasteiger partial charge in [-0.05, 0) is 30.3 Å². The van der Waals surface area contributed by atoms with E-state index in [1.54, 1.807) is 36.4 Å². The number of nitrogens with one attached hydrogen (secondary N) is 2. The molecule has 3 rings (SSSR count). The molecular weight excluding hydrogens is 316 g/mol. The van der Waals surface area contributed by atoms with Gasteiger partial charge in [-0.2, -0.15) is 0 Å². The monoisotopic (exact) mass is 328 g/mol. The van der Waals surface area contributed by atoms with Gasteiger partial charge in [0.2, 0.25) is 5.43 Å². The molecule has 1 aromatic heterocycles. The normalized spacial score (nSPS) is 10.5. The second kappa shape index (κ2) is 6.14. The fourth-order valence-electron chi connectivity index (χ4n) is 2.28. The van der Waals surface area contributed by atoms with E-state index in [-0.39, 0.29) is 11.0 Å². The number of fused-ring (bicyclic) bond motifs is 1. The molecule has 0 aliphatic carbocycles. The third-order valence-corrected chi connectivity index (χ3v) is 3.74. The number of pyridine rings is 1. The molecule has 0 aliphatic rings. The van der Waals surface area contributed by atoms with Crippen LogP contribution in [0.3, 0.4) is 0 Å². The molecule has 2 aromatic carbocycles. The van der Waals surface area contributed by atoms with Gasteiger partial charge in [0.1, 0.15) is 11.3 Å². The molecular formula is C17H13ClN2O3. The van der Waals surface area contributed by atoms with Gasteiger partial charge in [0.05, 0.1) is 12.1 Å². The first-order valence-corrected chi connectivity index (χ1v) is 7.23. The molecule has 0 spiro atoms. The number of ether oxygens (including phenoxy) is 1. The molecule has 0 radical (unpaired) electrons. The number of rotatable bonds is 3. The highest BCUT2D eigenvalue weighted by Gasteiger charge is 2.13. The smallest absolute Gasteiger partial charge is 0.261 e. The lowest BCUT2D eigenvalue weighted by molar-refractivity contribution is 0.102. The SMILES string of the molecule is COc1ccc(NC(=O)c2c[nH]c3ccccc3c2=O)cc1Cl. The molecule has 0 bridgehead atoms. The van der Waals surface area contributed by atoms with Crippen LogP contribution in [0, 0.1) is 0 Å². The zero-order valence-corrected chi connectivity index (χ0v) is 13.0. The number of aromatic amines is 1. The first-order valence-electron chi connectivity index (χ1n) is 6.85. The van der Waals surface area contributed by atoms with Crippen molar-refractivity contribution in [2.45, 2.75) is 0 Å². The van der Waals surface area contributed by atoms with Crippen LogP contribution >= 0.6 is 11.6 Å². The molecule has 116 valence electrons. The molecule has 5 nitrogen and oxygen atoms in total. The Morgan fingerprint density at radius 1 is 1.22 bits per heavy atom. The van der Waals surface area contributed by atoms with Crippen molar-refractivity contribution in [1.82, 2.24) is 4.98 Å². The molecule has 0 saturated carbocycles. The second-order valence-electron chi connectivity index (χ2n) is 4.88. The summed E-state index contributed by atoms with van der Waals surface area (Å²) in [6.07, 6.45) is 1.41. The number of para-hydroxylation sites is 1. The summed E-state index contributed by atoms with van der Waals surface area (Å²) in [4.78, 5) is 27.7. The summed E-state index contributed by atoms with van der Waals surface area (Å²) in [5.74, 6) is 0.00598. The molecule has 0 atom stereocenters. The van der Waals surface area contributed by atoms with E-state index in [1.807, 2.05) is 6.07 Å². The van der Waals surface area contributed by atoms with Gasteiger partial charge in [-0.15, -0.1) is 0 Å². The fourth-order valence-corrected chi connectivity index (χ4v) is 2.54. The fraction of sp³-hybridized carbons (Fsp3) is 0.0588. The lowest BCUT2D eigenvalue weighted by atomic mass is 10.1. The molecule has 1 heterocycles. The standard InChI is InChI=1S/C17H13ClN2O3/c1-23-15-7-6-10(8-13(15)18)20-17(22)12-9-19-14-5-3-2-4-11(14)16(12)21/h2-9H,1H3,(H,19,21)(H,20,22). The van der Waals surface area contributed by atoms with E-state index in [1.165, 1.54) is 13.3 Å². The van der Waals surface area contributed by atoms with E-state index >= 15 is 0 Å². The number of hydrogen-bond acceptors (Lipinski definition) is 3. The van der Waals surface area contributed by atoms with Gasteiger partial charge in [-0.1, -0.05) is 23.7 Å². The molecule has 0 fully saturated rings. The minimum Gasteiger partial charge on any atom is -0.495 e. The molecule has 2 N–H and O–H groups in total. The Kier molecular flexibility index (Phi) is 4.04. The topological polar surface area (TPSA) is 71.2 Å². The molecule has 6 heteroatoms. The van der Waals surface area contributed by atoms with Crippen molar-refractivity contribution in [3.05, 3.63) is 69.5 Å². The van der Waals surface area contributed by atoms with Gasteiger partial charge >= 0.3 is 0 Å². The van der Waals surface area contributed by atoms with Crippen molar-refractivity contribution < 1.29 is 9.53 Å². The van der Waals surface area contributed by atoms with Gasteiger partial charge in [-0.25, -0.2) is 0 Å². The van der Waals surface area contributed by atoms with Crippen molar-refractivity contribution in [2.24, 2.45) is 0 Å². The van der Waals surface area contributed by atoms with Crippen LogP contribution in [0.4, 0.5) is 5.69 Å². The number of amides is 1. The van der Waals surface area contributed by atoms with Gasteiger partial charge < -0.3 is 15.0 Å². The van der Waals surface area contributed by atoms with Crippen molar-refractivity contribution in [2.75, 3.05) is 12.4 Å². The van der Waals surface area contributed by atoms with E-state index in [0.29, 0.717) is 27.4 Å². The largest absolute Gasteiger partial charge is 0.495 e. The van der Waals surface area contributed by atoms with Gasteiger partial charge in [0.25, 0.3) is 5.91 Å². The third kappa shape index (κ3) is 2.91. The van der Waals surface area contributed by atoms with E-state index in [0.717, 1.165) is 0 Å². The first-order chi connectivity index (χ1) is 11.1. The second-order valence-corrected chi connectivity index (χ2v) is 5.29. The predicted molar refractivity (Wildman–Crippen MR) is 90.5 cm³/mol. The summed E-state index contributed by atoms with van der Waals surface area (Å²) >= 11 is 6.02. The number of carbonyl (C=O) groups excluding carboxylic acids is 1. The maximum absolute atomic E-state index is 12.4. The molecule has 1 amide bonds. The van der Waals surface area contributed by atoms with Crippen LogP contribution in [0.2, 0.25) is 5.02 Å². The van der Waals surface area contributed by atoms with Crippen LogP contribution < -0.4 is 15.5 Å². The quantitative estimate of drug-likeness (QED) is 0.773. The number of aromatic nitrogens is 1. The average molecular weight is 329 g/mol. The minimum absolute atomic E-state index is 0.0376. The highest BCUT2D eigenvalue weighted by Crippen LogP contribution is 2.27. The maximum Gasteiger partial charge on any atom is 0.261 e. The Morgan fingerprint density at radius 3 is 2.74 bits per heavy atom. The average Bonchev–Trinajstić information content (AvgIpc) is 2.55. The summed E-state index contributed by atoms with van der Waals surface area (Å²) in [7, 11) is 1.51. The molecule has 0 saturated heterocycles. The summed E-state index contributed by atoms with van der Waals surface area (Å²) in [6, 6.07) is 11.9.